The normalized spacial score (nSPS) is 23.4. The average Bonchev–Trinajstić information content (AvgIpc) is 3.49. The van der Waals surface area contributed by atoms with Gasteiger partial charge in [0, 0.05) is 61.8 Å². The van der Waals surface area contributed by atoms with Gasteiger partial charge >= 0.3 is 0 Å². The summed E-state index contributed by atoms with van der Waals surface area (Å²) in [6.45, 7) is 3.44. The van der Waals surface area contributed by atoms with Gasteiger partial charge < -0.3 is 15.2 Å². The first-order chi connectivity index (χ1) is 14.6. The summed E-state index contributed by atoms with van der Waals surface area (Å²) in [7, 11) is 0. The lowest BCUT2D eigenvalue weighted by molar-refractivity contribution is -0.128. The number of carbonyl (C=O) groups is 1. The van der Waals surface area contributed by atoms with Crippen LogP contribution in [0.5, 0.6) is 0 Å². The molecule has 0 spiro atoms. The third-order valence-electron chi connectivity index (χ3n) is 6.67. The van der Waals surface area contributed by atoms with E-state index >= 15 is 0 Å². The fraction of sp³-hybridized carbons (Fsp3) is 0.364. The molecule has 1 saturated carbocycles. The second-order valence-electron chi connectivity index (χ2n) is 8.53. The molecule has 8 heteroatoms. The molecule has 0 aromatic carbocycles. The Hall–Kier alpha value is -3.42. The van der Waals surface area contributed by atoms with Crippen LogP contribution in [0.15, 0.2) is 43.0 Å². The van der Waals surface area contributed by atoms with E-state index in [0.29, 0.717) is 23.8 Å². The second kappa shape index (κ2) is 6.55. The number of pyridine rings is 1. The summed E-state index contributed by atoms with van der Waals surface area (Å²) in [5.74, 6) is 2.03. The van der Waals surface area contributed by atoms with Crippen molar-refractivity contribution >= 4 is 28.4 Å². The van der Waals surface area contributed by atoms with Gasteiger partial charge in [0.25, 0.3) is 0 Å². The Morgan fingerprint density at radius 2 is 2.07 bits per heavy atom. The minimum atomic E-state index is 0.192. The van der Waals surface area contributed by atoms with Crippen molar-refractivity contribution in [2.24, 2.45) is 11.8 Å². The molecular formula is C22H23N7O. The van der Waals surface area contributed by atoms with Crippen LogP contribution in [0.3, 0.4) is 0 Å². The summed E-state index contributed by atoms with van der Waals surface area (Å²) in [5, 5.41) is 8.78. The maximum Gasteiger partial charge on any atom is 0.224 e. The molecule has 8 nitrogen and oxygen atoms in total. The highest BCUT2D eigenvalue weighted by atomic mass is 16.2. The maximum atomic E-state index is 11.6. The molecule has 0 bridgehead atoms. The second-order valence-corrected chi connectivity index (χ2v) is 8.53. The van der Waals surface area contributed by atoms with Crippen LogP contribution in [-0.4, -0.2) is 54.5 Å². The largest absolute Gasteiger partial charge is 0.351 e. The molecule has 0 radical (unpaired) electrons. The van der Waals surface area contributed by atoms with Gasteiger partial charge in [-0.3, -0.25) is 4.79 Å². The molecule has 1 unspecified atom stereocenters. The van der Waals surface area contributed by atoms with E-state index in [4.69, 9.17) is 4.98 Å². The van der Waals surface area contributed by atoms with Crippen molar-refractivity contribution in [3.63, 3.8) is 0 Å². The van der Waals surface area contributed by atoms with Crippen LogP contribution in [0, 0.1) is 11.8 Å². The summed E-state index contributed by atoms with van der Waals surface area (Å²) >= 11 is 0. The number of nitrogens with zero attached hydrogens (tertiary/aromatic N) is 5. The van der Waals surface area contributed by atoms with Gasteiger partial charge in [0.15, 0.2) is 0 Å². The molecule has 152 valence electrons. The van der Waals surface area contributed by atoms with Crippen molar-refractivity contribution in [2.75, 3.05) is 18.4 Å². The molecule has 6 rings (SSSR count). The fourth-order valence-corrected chi connectivity index (χ4v) is 5.16. The van der Waals surface area contributed by atoms with Gasteiger partial charge in [-0.15, -0.1) is 0 Å². The minimum Gasteiger partial charge on any atom is -0.351 e. The number of aromatic amines is 1. The van der Waals surface area contributed by atoms with Gasteiger partial charge in [0.2, 0.25) is 11.9 Å². The Bertz CT molecular complexity index is 1240. The summed E-state index contributed by atoms with van der Waals surface area (Å²) in [4.78, 5) is 26.2. The first-order valence-electron chi connectivity index (χ1n) is 10.4. The van der Waals surface area contributed by atoms with Crippen molar-refractivity contribution in [3.05, 3.63) is 43.0 Å². The predicted octanol–water partition coefficient (Wildman–Crippen LogP) is 2.94. The van der Waals surface area contributed by atoms with E-state index in [9.17, 15) is 4.79 Å². The van der Waals surface area contributed by atoms with Crippen LogP contribution in [-0.2, 0) is 4.79 Å². The highest BCUT2D eigenvalue weighted by Crippen LogP contribution is 2.39. The van der Waals surface area contributed by atoms with Crippen molar-refractivity contribution in [3.8, 4) is 11.1 Å². The maximum absolute atomic E-state index is 11.6. The van der Waals surface area contributed by atoms with E-state index in [1.165, 1.54) is 0 Å². The van der Waals surface area contributed by atoms with Crippen LogP contribution in [0.1, 0.15) is 19.8 Å². The summed E-state index contributed by atoms with van der Waals surface area (Å²) < 4.78 is 1.85. The summed E-state index contributed by atoms with van der Waals surface area (Å²) in [5.41, 5.74) is 4.07. The number of anilines is 1. The van der Waals surface area contributed by atoms with Crippen LogP contribution in [0.25, 0.3) is 27.7 Å². The molecule has 2 aliphatic rings. The average molecular weight is 401 g/mol. The van der Waals surface area contributed by atoms with Crippen LogP contribution in [0.4, 0.5) is 5.95 Å². The fourth-order valence-electron chi connectivity index (χ4n) is 5.16. The number of amides is 1. The molecule has 1 aliphatic carbocycles. The highest BCUT2D eigenvalue weighted by Gasteiger charge is 2.41. The third-order valence-corrected chi connectivity index (χ3v) is 6.67. The van der Waals surface area contributed by atoms with E-state index in [1.807, 2.05) is 34.1 Å². The number of likely N-dealkylation sites (tertiary alicyclic amines) is 1. The molecule has 4 aromatic rings. The highest BCUT2D eigenvalue weighted by molar-refractivity contribution is 5.94. The van der Waals surface area contributed by atoms with E-state index in [-0.39, 0.29) is 5.91 Å². The molecule has 4 aromatic heterocycles. The van der Waals surface area contributed by atoms with Gasteiger partial charge in [-0.05, 0) is 48.4 Å². The molecule has 2 N–H and O–H groups in total. The molecule has 3 atom stereocenters. The van der Waals surface area contributed by atoms with Gasteiger partial charge in [0.1, 0.15) is 5.65 Å². The first kappa shape index (κ1) is 17.4. The van der Waals surface area contributed by atoms with E-state index < -0.39 is 0 Å². The smallest absolute Gasteiger partial charge is 0.224 e. The standard InChI is InChI=1S/C22H23N7O/c1-13(30)28-11-15-6-17(7-16(15)12-28)26-22-24-10-20-19(9-23-21(20)27-22)14-3-5-29-18(8-14)2-4-25-29/h2-5,8-10,15-17H,6-7,11-12H2,1H3,(H2,23,24,26,27)/t15-,16+,17?. The summed E-state index contributed by atoms with van der Waals surface area (Å²) in [6, 6.07) is 6.52. The number of hydrogen-bond acceptors (Lipinski definition) is 5. The Balaban J connectivity index is 1.21. The zero-order valence-electron chi connectivity index (χ0n) is 16.7. The monoisotopic (exact) mass is 401 g/mol. The zero-order chi connectivity index (χ0) is 20.2. The predicted molar refractivity (Wildman–Crippen MR) is 114 cm³/mol. The SMILES string of the molecule is CC(=O)N1C[C@H]2CC(Nc3ncc4c(-c5ccn6nccc6c5)c[nH]c4n3)C[C@H]2C1. The van der Waals surface area contributed by atoms with Gasteiger partial charge in [-0.2, -0.15) is 10.1 Å². The number of hydrogen-bond donors (Lipinski definition) is 2. The van der Waals surface area contributed by atoms with E-state index in [0.717, 1.165) is 53.6 Å². The third kappa shape index (κ3) is 2.82. The number of fused-ring (bicyclic) bond motifs is 3. The zero-order valence-corrected chi connectivity index (χ0v) is 16.7. The number of aromatic nitrogens is 5. The molecule has 1 saturated heterocycles. The minimum absolute atomic E-state index is 0.192. The lowest BCUT2D eigenvalue weighted by Gasteiger charge is -2.18. The van der Waals surface area contributed by atoms with E-state index in [1.54, 1.807) is 13.1 Å². The molecule has 2 fully saturated rings. The Morgan fingerprint density at radius 3 is 2.87 bits per heavy atom. The molecule has 1 amide bonds. The van der Waals surface area contributed by atoms with Gasteiger partial charge in [-0.25, -0.2) is 9.50 Å². The molecule has 5 heterocycles. The Kier molecular flexibility index (Phi) is 3.81. The van der Waals surface area contributed by atoms with Crippen LogP contribution < -0.4 is 5.32 Å². The van der Waals surface area contributed by atoms with Crippen molar-refractivity contribution < 1.29 is 4.79 Å². The number of H-pyrrole nitrogens is 1. The van der Waals surface area contributed by atoms with Crippen LogP contribution >= 0.6 is 0 Å². The first-order valence-corrected chi connectivity index (χ1v) is 10.4. The topological polar surface area (TPSA) is 91.2 Å². The van der Waals surface area contributed by atoms with Crippen molar-refractivity contribution in [1.82, 2.24) is 29.5 Å². The van der Waals surface area contributed by atoms with Crippen LogP contribution in [0.2, 0.25) is 0 Å². The number of rotatable bonds is 3. The number of carbonyl (C=O) groups excluding carboxylic acids is 1. The lowest BCUT2D eigenvalue weighted by Crippen LogP contribution is -2.29. The van der Waals surface area contributed by atoms with E-state index in [2.05, 4.69) is 32.5 Å². The Morgan fingerprint density at radius 1 is 1.23 bits per heavy atom. The quantitative estimate of drug-likeness (QED) is 0.551. The van der Waals surface area contributed by atoms with Gasteiger partial charge in [0.05, 0.1) is 5.52 Å². The molecular weight excluding hydrogens is 378 g/mol. The van der Waals surface area contributed by atoms with Crippen molar-refractivity contribution in [1.29, 1.82) is 0 Å². The van der Waals surface area contributed by atoms with Crippen molar-refractivity contribution in [2.45, 2.75) is 25.8 Å². The number of nitrogens with one attached hydrogen (secondary N) is 2. The molecule has 1 aliphatic heterocycles. The van der Waals surface area contributed by atoms with Gasteiger partial charge in [-0.1, -0.05) is 0 Å². The molecule has 30 heavy (non-hydrogen) atoms. The summed E-state index contributed by atoms with van der Waals surface area (Å²) in [6.07, 6.45) is 9.77. The lowest BCUT2D eigenvalue weighted by atomic mass is 10.0. The Labute approximate surface area is 173 Å².